The van der Waals surface area contributed by atoms with Crippen LogP contribution in [0.25, 0.3) is 10.3 Å². The van der Waals surface area contributed by atoms with Gasteiger partial charge in [0.1, 0.15) is 0 Å². The lowest BCUT2D eigenvalue weighted by Crippen LogP contribution is -2.11. The fourth-order valence-corrected chi connectivity index (χ4v) is 3.16. The highest BCUT2D eigenvalue weighted by molar-refractivity contribution is 7.22. The first kappa shape index (κ1) is 12.5. The monoisotopic (exact) mass is 295 g/mol. The molecule has 21 heavy (non-hydrogen) atoms. The van der Waals surface area contributed by atoms with Crippen molar-refractivity contribution < 1.29 is 4.79 Å². The van der Waals surface area contributed by atoms with Crippen LogP contribution in [0.4, 0.5) is 5.13 Å². The molecule has 1 amide bonds. The Balaban J connectivity index is 1.60. The van der Waals surface area contributed by atoms with Crippen LogP contribution < -0.4 is 5.32 Å². The fourth-order valence-electron chi connectivity index (χ4n) is 2.29. The van der Waals surface area contributed by atoms with Gasteiger partial charge < -0.3 is 0 Å². The number of hydrogen-bond donors (Lipinski definition) is 1. The van der Waals surface area contributed by atoms with Gasteiger partial charge in [0.2, 0.25) is 0 Å². The zero-order valence-corrected chi connectivity index (χ0v) is 12.1. The quantitative estimate of drug-likeness (QED) is 0.799. The van der Waals surface area contributed by atoms with Crippen molar-refractivity contribution in [3.63, 3.8) is 0 Å². The summed E-state index contributed by atoms with van der Waals surface area (Å²) in [6.45, 7) is 0. The van der Waals surface area contributed by atoms with Crippen molar-refractivity contribution in [3.05, 3.63) is 53.7 Å². The third kappa shape index (κ3) is 2.52. The Morgan fingerprint density at radius 2 is 2.05 bits per heavy atom. The average Bonchev–Trinajstić information content (AvgIpc) is 3.28. The summed E-state index contributed by atoms with van der Waals surface area (Å²) >= 11 is 1.47. The number of benzene rings is 1. The van der Waals surface area contributed by atoms with E-state index < -0.39 is 0 Å². The third-order valence-corrected chi connectivity index (χ3v) is 4.48. The average molecular weight is 295 g/mol. The minimum absolute atomic E-state index is 0.142. The maximum Gasteiger partial charge on any atom is 0.257 e. The Morgan fingerprint density at radius 3 is 2.81 bits per heavy atom. The lowest BCUT2D eigenvalue weighted by atomic mass is 10.2. The molecule has 0 bridgehead atoms. The first-order chi connectivity index (χ1) is 10.3. The zero-order chi connectivity index (χ0) is 14.2. The number of thiazole rings is 1. The van der Waals surface area contributed by atoms with Crippen molar-refractivity contribution in [2.45, 2.75) is 18.8 Å². The van der Waals surface area contributed by atoms with E-state index in [0.717, 1.165) is 4.70 Å². The summed E-state index contributed by atoms with van der Waals surface area (Å²) in [5.41, 5.74) is 2.61. The third-order valence-electron chi connectivity index (χ3n) is 3.57. The molecule has 0 spiro atoms. The summed E-state index contributed by atoms with van der Waals surface area (Å²) in [7, 11) is 0. The van der Waals surface area contributed by atoms with E-state index in [4.69, 9.17) is 0 Å². The number of rotatable bonds is 3. The predicted molar refractivity (Wildman–Crippen MR) is 83.8 cm³/mol. The molecule has 2 heterocycles. The number of pyridine rings is 1. The number of amides is 1. The molecule has 1 fully saturated rings. The van der Waals surface area contributed by atoms with Gasteiger partial charge in [-0.25, -0.2) is 4.98 Å². The van der Waals surface area contributed by atoms with Gasteiger partial charge >= 0.3 is 0 Å². The number of carbonyl (C=O) groups excluding carboxylic acids is 1. The molecule has 5 heteroatoms. The largest absolute Gasteiger partial charge is 0.298 e. The predicted octanol–water partition coefficient (Wildman–Crippen LogP) is 3.82. The number of hydrogen-bond acceptors (Lipinski definition) is 4. The molecule has 3 aromatic rings. The summed E-state index contributed by atoms with van der Waals surface area (Å²) in [4.78, 5) is 20.9. The SMILES string of the molecule is O=C(Nc1nc2ncc(C3CC3)cc2s1)c1ccccc1. The Labute approximate surface area is 125 Å². The molecule has 0 saturated heterocycles. The number of anilines is 1. The van der Waals surface area contributed by atoms with Gasteiger partial charge in [-0.3, -0.25) is 10.1 Å². The minimum Gasteiger partial charge on any atom is -0.298 e. The van der Waals surface area contributed by atoms with Crippen LogP contribution in [0.5, 0.6) is 0 Å². The van der Waals surface area contributed by atoms with Crippen LogP contribution in [0.1, 0.15) is 34.7 Å². The van der Waals surface area contributed by atoms with Gasteiger partial charge in [-0.2, -0.15) is 4.98 Å². The van der Waals surface area contributed by atoms with Gasteiger partial charge in [-0.1, -0.05) is 29.5 Å². The van der Waals surface area contributed by atoms with E-state index in [9.17, 15) is 4.79 Å². The van der Waals surface area contributed by atoms with E-state index in [2.05, 4.69) is 21.4 Å². The van der Waals surface area contributed by atoms with Crippen LogP contribution >= 0.6 is 11.3 Å². The van der Waals surface area contributed by atoms with Gasteiger partial charge in [0.05, 0.1) is 4.70 Å². The van der Waals surface area contributed by atoms with Crippen molar-refractivity contribution in [2.75, 3.05) is 5.32 Å². The van der Waals surface area contributed by atoms with Crippen LogP contribution in [0.15, 0.2) is 42.6 Å². The van der Waals surface area contributed by atoms with E-state index in [0.29, 0.717) is 22.3 Å². The first-order valence-corrected chi connectivity index (χ1v) is 7.74. The Morgan fingerprint density at radius 1 is 1.24 bits per heavy atom. The molecule has 104 valence electrons. The molecule has 0 unspecified atom stereocenters. The van der Waals surface area contributed by atoms with E-state index in [1.807, 2.05) is 24.4 Å². The molecule has 0 atom stereocenters. The second-order valence-corrected chi connectivity index (χ2v) is 6.23. The van der Waals surface area contributed by atoms with Gasteiger partial charge in [0.25, 0.3) is 5.91 Å². The summed E-state index contributed by atoms with van der Waals surface area (Å²) in [6, 6.07) is 11.3. The number of aromatic nitrogens is 2. The Hall–Kier alpha value is -2.27. The molecule has 0 aliphatic heterocycles. The van der Waals surface area contributed by atoms with E-state index in [1.54, 1.807) is 12.1 Å². The maximum atomic E-state index is 12.1. The molecule has 1 aliphatic rings. The molecule has 1 aliphatic carbocycles. The molecule has 1 saturated carbocycles. The standard InChI is InChI=1S/C16H13N3OS/c20-15(11-4-2-1-3-5-11)19-16-18-14-13(21-16)8-12(9-17-14)10-6-7-10/h1-5,8-10H,6-7H2,(H,17,18,19,20). The number of fused-ring (bicyclic) bond motifs is 1. The molecule has 4 rings (SSSR count). The lowest BCUT2D eigenvalue weighted by Gasteiger charge is -1.99. The van der Waals surface area contributed by atoms with Gasteiger partial charge in [0.15, 0.2) is 10.8 Å². The molecule has 4 nitrogen and oxygen atoms in total. The van der Waals surface area contributed by atoms with Crippen LogP contribution in [-0.4, -0.2) is 15.9 Å². The second-order valence-electron chi connectivity index (χ2n) is 5.20. The van der Waals surface area contributed by atoms with Crippen molar-refractivity contribution in [3.8, 4) is 0 Å². The number of nitrogens with one attached hydrogen (secondary N) is 1. The normalized spacial score (nSPS) is 14.3. The molecular weight excluding hydrogens is 282 g/mol. The highest BCUT2D eigenvalue weighted by Crippen LogP contribution is 2.41. The summed E-state index contributed by atoms with van der Waals surface area (Å²) in [5, 5.41) is 3.44. The van der Waals surface area contributed by atoms with Crippen LogP contribution in [0.2, 0.25) is 0 Å². The van der Waals surface area contributed by atoms with Crippen molar-refractivity contribution >= 4 is 32.7 Å². The number of carbonyl (C=O) groups is 1. The topological polar surface area (TPSA) is 54.9 Å². The first-order valence-electron chi connectivity index (χ1n) is 6.92. The lowest BCUT2D eigenvalue weighted by molar-refractivity contribution is 0.102. The Bertz CT molecular complexity index is 809. The Kier molecular flexibility index (Phi) is 2.93. The van der Waals surface area contributed by atoms with Crippen LogP contribution in [0.3, 0.4) is 0 Å². The van der Waals surface area contributed by atoms with E-state index in [1.165, 1.54) is 29.7 Å². The van der Waals surface area contributed by atoms with E-state index >= 15 is 0 Å². The number of nitrogens with zero attached hydrogens (tertiary/aromatic N) is 2. The van der Waals surface area contributed by atoms with Gasteiger partial charge in [0, 0.05) is 11.8 Å². The smallest absolute Gasteiger partial charge is 0.257 e. The second kappa shape index (κ2) is 4.93. The summed E-state index contributed by atoms with van der Waals surface area (Å²) in [5.74, 6) is 0.531. The fraction of sp³-hybridized carbons (Fsp3) is 0.188. The molecule has 1 aromatic carbocycles. The molecule has 0 radical (unpaired) electrons. The molecule has 1 N–H and O–H groups in total. The van der Waals surface area contributed by atoms with Crippen LogP contribution in [-0.2, 0) is 0 Å². The highest BCUT2D eigenvalue weighted by Gasteiger charge is 2.24. The summed E-state index contributed by atoms with van der Waals surface area (Å²) < 4.78 is 1.03. The molecular formula is C16H13N3OS. The minimum atomic E-state index is -0.142. The van der Waals surface area contributed by atoms with E-state index in [-0.39, 0.29) is 5.91 Å². The van der Waals surface area contributed by atoms with Crippen molar-refractivity contribution in [1.29, 1.82) is 0 Å². The molecule has 2 aromatic heterocycles. The highest BCUT2D eigenvalue weighted by atomic mass is 32.1. The summed E-state index contributed by atoms with van der Waals surface area (Å²) in [6.07, 6.45) is 4.41. The van der Waals surface area contributed by atoms with Crippen molar-refractivity contribution in [1.82, 2.24) is 9.97 Å². The van der Waals surface area contributed by atoms with Crippen molar-refractivity contribution in [2.24, 2.45) is 0 Å². The van der Waals surface area contributed by atoms with Gasteiger partial charge in [-0.15, -0.1) is 0 Å². The van der Waals surface area contributed by atoms with Gasteiger partial charge in [-0.05, 0) is 42.5 Å². The van der Waals surface area contributed by atoms with Crippen LogP contribution in [0, 0.1) is 0 Å². The maximum absolute atomic E-state index is 12.1. The zero-order valence-electron chi connectivity index (χ0n) is 11.2.